The number of aliphatic carboxylic acids is 1. The topological polar surface area (TPSA) is 37.3 Å². The normalized spacial score (nSPS) is 11.4. The Hall–Kier alpha value is -0.240. The average Bonchev–Trinajstić information content (AvgIpc) is 2.89. The number of carbonyl (C=O) groups is 1. The minimum absolute atomic E-state index is 0.345. The molecular formula is C34H67ClO2. The highest BCUT2D eigenvalue weighted by Gasteiger charge is 1.98. The average molecular weight is 543 g/mol. The van der Waals surface area contributed by atoms with Gasteiger partial charge >= 0.3 is 5.97 Å². The lowest BCUT2D eigenvalue weighted by molar-refractivity contribution is -0.137. The first kappa shape index (κ1) is 36.8. The molecule has 0 bridgehead atoms. The van der Waals surface area contributed by atoms with Crippen LogP contribution in [0, 0.1) is 0 Å². The van der Waals surface area contributed by atoms with E-state index < -0.39 is 5.97 Å². The summed E-state index contributed by atoms with van der Waals surface area (Å²) in [5, 5.41) is 8.62. The first-order valence-corrected chi connectivity index (χ1v) is 17.6. The molecule has 0 heterocycles. The molecule has 0 rings (SSSR count). The summed E-state index contributed by atoms with van der Waals surface area (Å²) in [6, 6.07) is 0. The standard InChI is InChI=1S/C34H67ClO2/c35-33-31-29-27-25-23-21-19-17-15-13-11-9-7-5-3-1-2-4-6-8-10-12-14-16-18-20-22-24-26-28-30-32-34(36)37/h1-33H2,(H,36,37). The Kier molecular flexibility index (Phi) is 33.6. The summed E-state index contributed by atoms with van der Waals surface area (Å²) >= 11 is 5.72. The van der Waals surface area contributed by atoms with Crippen molar-refractivity contribution in [3.63, 3.8) is 0 Å². The molecule has 0 aromatic heterocycles. The first-order valence-electron chi connectivity index (χ1n) is 17.0. The number of halogens is 1. The number of rotatable bonds is 33. The molecule has 1 N–H and O–H groups in total. The second-order valence-corrected chi connectivity index (χ2v) is 12.2. The van der Waals surface area contributed by atoms with Gasteiger partial charge in [-0.05, 0) is 12.8 Å². The van der Waals surface area contributed by atoms with Gasteiger partial charge in [-0.1, -0.05) is 186 Å². The van der Waals surface area contributed by atoms with Crippen LogP contribution in [0.3, 0.4) is 0 Å². The Morgan fingerprint density at radius 2 is 0.486 bits per heavy atom. The van der Waals surface area contributed by atoms with Gasteiger partial charge < -0.3 is 5.11 Å². The lowest BCUT2D eigenvalue weighted by Gasteiger charge is -2.04. The molecule has 0 aliphatic rings. The van der Waals surface area contributed by atoms with Crippen molar-refractivity contribution in [1.29, 1.82) is 0 Å². The molecule has 0 atom stereocenters. The van der Waals surface area contributed by atoms with Gasteiger partial charge in [0.15, 0.2) is 0 Å². The third-order valence-corrected chi connectivity index (χ3v) is 8.29. The fraction of sp³-hybridized carbons (Fsp3) is 0.971. The van der Waals surface area contributed by atoms with Gasteiger partial charge in [0.25, 0.3) is 0 Å². The molecule has 0 saturated carbocycles. The molecule has 222 valence electrons. The quantitative estimate of drug-likeness (QED) is 0.0660. The molecule has 0 aromatic carbocycles. The number of unbranched alkanes of at least 4 members (excludes halogenated alkanes) is 30. The van der Waals surface area contributed by atoms with Crippen molar-refractivity contribution in [2.75, 3.05) is 5.88 Å². The number of alkyl halides is 1. The second kappa shape index (κ2) is 33.8. The smallest absolute Gasteiger partial charge is 0.303 e. The zero-order chi connectivity index (χ0) is 26.9. The molecule has 0 aliphatic carbocycles. The van der Waals surface area contributed by atoms with Crippen LogP contribution in [0.2, 0.25) is 0 Å². The van der Waals surface area contributed by atoms with Crippen LogP contribution in [-0.2, 0) is 4.79 Å². The summed E-state index contributed by atoms with van der Waals surface area (Å²) < 4.78 is 0. The Labute approximate surface area is 238 Å². The third kappa shape index (κ3) is 35.8. The van der Waals surface area contributed by atoms with Crippen molar-refractivity contribution >= 4 is 17.6 Å². The fourth-order valence-corrected chi connectivity index (χ4v) is 5.69. The molecule has 37 heavy (non-hydrogen) atoms. The molecule has 0 spiro atoms. The van der Waals surface area contributed by atoms with E-state index in [0.717, 1.165) is 18.7 Å². The number of hydrogen-bond acceptors (Lipinski definition) is 1. The molecule has 2 nitrogen and oxygen atoms in total. The molecule has 0 fully saturated rings. The molecule has 3 heteroatoms. The Morgan fingerprint density at radius 3 is 0.649 bits per heavy atom. The van der Waals surface area contributed by atoms with E-state index in [4.69, 9.17) is 16.7 Å². The zero-order valence-electron chi connectivity index (χ0n) is 25.1. The van der Waals surface area contributed by atoms with Crippen molar-refractivity contribution in [2.24, 2.45) is 0 Å². The molecule has 0 saturated heterocycles. The highest BCUT2D eigenvalue weighted by atomic mass is 35.5. The summed E-state index contributed by atoms with van der Waals surface area (Å²) in [6.45, 7) is 0. The molecule has 0 unspecified atom stereocenters. The summed E-state index contributed by atoms with van der Waals surface area (Å²) in [5.41, 5.74) is 0. The SMILES string of the molecule is O=C(O)CCCCCCCCCCCCCCCCCCCCCCCCCCCCCCCCCCl. The molecule has 0 aromatic rings. The van der Waals surface area contributed by atoms with Gasteiger partial charge in [-0.15, -0.1) is 11.6 Å². The van der Waals surface area contributed by atoms with Gasteiger partial charge in [-0.25, -0.2) is 0 Å². The number of carboxylic acid groups (broad SMARTS) is 1. The summed E-state index contributed by atoms with van der Waals surface area (Å²) in [6.07, 6.45) is 43.3. The van der Waals surface area contributed by atoms with Crippen LogP contribution in [0.5, 0.6) is 0 Å². The van der Waals surface area contributed by atoms with Crippen LogP contribution in [-0.4, -0.2) is 17.0 Å². The molecular weight excluding hydrogens is 476 g/mol. The van der Waals surface area contributed by atoms with E-state index in [-0.39, 0.29) is 0 Å². The van der Waals surface area contributed by atoms with Crippen LogP contribution in [0.1, 0.15) is 205 Å². The van der Waals surface area contributed by atoms with E-state index in [1.807, 2.05) is 0 Å². The summed E-state index contributed by atoms with van der Waals surface area (Å²) in [5.74, 6) is 0.190. The molecule has 0 amide bonds. The maximum Gasteiger partial charge on any atom is 0.303 e. The Morgan fingerprint density at radius 1 is 0.324 bits per heavy atom. The number of hydrogen-bond donors (Lipinski definition) is 1. The predicted molar refractivity (Wildman–Crippen MR) is 166 cm³/mol. The molecule has 0 radical (unpaired) electrons. The molecule has 0 aliphatic heterocycles. The Balaban J connectivity index is 3.02. The van der Waals surface area contributed by atoms with Gasteiger partial charge in [0.1, 0.15) is 0 Å². The number of carboxylic acids is 1. The lowest BCUT2D eigenvalue weighted by Crippen LogP contribution is -1.93. The van der Waals surface area contributed by atoms with Crippen LogP contribution in [0.25, 0.3) is 0 Å². The van der Waals surface area contributed by atoms with Gasteiger partial charge in [-0.2, -0.15) is 0 Å². The van der Waals surface area contributed by atoms with E-state index in [2.05, 4.69) is 0 Å². The van der Waals surface area contributed by atoms with Crippen molar-refractivity contribution in [1.82, 2.24) is 0 Å². The van der Waals surface area contributed by atoms with Crippen LogP contribution in [0.15, 0.2) is 0 Å². The van der Waals surface area contributed by atoms with Crippen LogP contribution < -0.4 is 0 Å². The maximum absolute atomic E-state index is 10.5. The van der Waals surface area contributed by atoms with Gasteiger partial charge in [0.05, 0.1) is 0 Å². The highest BCUT2D eigenvalue weighted by Crippen LogP contribution is 2.16. The predicted octanol–water partition coefficient (Wildman–Crippen LogP) is 12.8. The first-order chi connectivity index (χ1) is 18.3. The lowest BCUT2D eigenvalue weighted by atomic mass is 10.0. The van der Waals surface area contributed by atoms with Gasteiger partial charge in [-0.3, -0.25) is 4.79 Å². The fourth-order valence-electron chi connectivity index (χ4n) is 5.50. The van der Waals surface area contributed by atoms with Crippen molar-refractivity contribution in [2.45, 2.75) is 205 Å². The second-order valence-electron chi connectivity index (χ2n) is 11.8. The van der Waals surface area contributed by atoms with E-state index in [1.54, 1.807) is 0 Å². The summed E-state index contributed by atoms with van der Waals surface area (Å²) in [4.78, 5) is 10.5. The highest BCUT2D eigenvalue weighted by molar-refractivity contribution is 6.17. The van der Waals surface area contributed by atoms with E-state index >= 15 is 0 Å². The largest absolute Gasteiger partial charge is 0.481 e. The summed E-state index contributed by atoms with van der Waals surface area (Å²) in [7, 11) is 0. The van der Waals surface area contributed by atoms with Gasteiger partial charge in [0.2, 0.25) is 0 Å². The Bertz CT molecular complexity index is 426. The third-order valence-electron chi connectivity index (χ3n) is 8.02. The van der Waals surface area contributed by atoms with Crippen molar-refractivity contribution in [3.05, 3.63) is 0 Å². The van der Waals surface area contributed by atoms with E-state index in [1.165, 1.54) is 186 Å². The van der Waals surface area contributed by atoms with Crippen LogP contribution in [0.4, 0.5) is 0 Å². The van der Waals surface area contributed by atoms with Crippen molar-refractivity contribution < 1.29 is 9.90 Å². The minimum atomic E-state index is -0.649. The van der Waals surface area contributed by atoms with Gasteiger partial charge in [0, 0.05) is 12.3 Å². The monoisotopic (exact) mass is 542 g/mol. The van der Waals surface area contributed by atoms with Crippen molar-refractivity contribution in [3.8, 4) is 0 Å². The minimum Gasteiger partial charge on any atom is -0.481 e. The zero-order valence-corrected chi connectivity index (χ0v) is 25.8. The van der Waals surface area contributed by atoms with E-state index in [0.29, 0.717) is 6.42 Å². The van der Waals surface area contributed by atoms with Crippen LogP contribution >= 0.6 is 11.6 Å². The maximum atomic E-state index is 10.5. The van der Waals surface area contributed by atoms with E-state index in [9.17, 15) is 4.79 Å².